The minimum Gasteiger partial charge on any atom is -0.457 e. The van der Waals surface area contributed by atoms with Crippen molar-refractivity contribution in [3.05, 3.63) is 59.9 Å². The standard InChI is InChI=1S/C23H28N6O2/c1-17-4-3-5-21(16-17)31-20-8-6-19(7-9-20)26-22-24-18(2)25-23(27-22)29-12-10-28(11-13-29)14-15-30/h3-9,16,30H,10-15H2,1-2H3,(H,24,25,26,27). The fourth-order valence-corrected chi connectivity index (χ4v) is 3.53. The first kappa shape index (κ1) is 21.0. The molecule has 2 heterocycles. The normalized spacial score (nSPS) is 14.5. The van der Waals surface area contributed by atoms with E-state index in [0.29, 0.717) is 24.3 Å². The first-order chi connectivity index (χ1) is 15.1. The molecule has 1 fully saturated rings. The molecule has 2 N–H and O–H groups in total. The number of benzene rings is 2. The van der Waals surface area contributed by atoms with Gasteiger partial charge in [-0.1, -0.05) is 12.1 Å². The highest BCUT2D eigenvalue weighted by Gasteiger charge is 2.19. The van der Waals surface area contributed by atoms with E-state index in [4.69, 9.17) is 9.84 Å². The molecule has 0 atom stereocenters. The molecule has 1 aliphatic rings. The Labute approximate surface area is 182 Å². The summed E-state index contributed by atoms with van der Waals surface area (Å²) < 4.78 is 5.91. The first-order valence-electron chi connectivity index (χ1n) is 10.5. The molecule has 31 heavy (non-hydrogen) atoms. The quantitative estimate of drug-likeness (QED) is 0.603. The van der Waals surface area contributed by atoms with Gasteiger partial charge in [-0.05, 0) is 55.8 Å². The molecule has 0 amide bonds. The first-order valence-corrected chi connectivity index (χ1v) is 10.5. The maximum Gasteiger partial charge on any atom is 0.232 e. The van der Waals surface area contributed by atoms with Crippen LogP contribution < -0.4 is 15.0 Å². The summed E-state index contributed by atoms with van der Waals surface area (Å²) in [6, 6.07) is 15.7. The maximum atomic E-state index is 9.11. The van der Waals surface area contributed by atoms with Crippen molar-refractivity contribution in [1.29, 1.82) is 0 Å². The number of hydrogen-bond acceptors (Lipinski definition) is 8. The van der Waals surface area contributed by atoms with Gasteiger partial charge < -0.3 is 20.1 Å². The summed E-state index contributed by atoms with van der Waals surface area (Å²) >= 11 is 0. The van der Waals surface area contributed by atoms with E-state index in [1.54, 1.807) is 0 Å². The van der Waals surface area contributed by atoms with Crippen LogP contribution in [0.2, 0.25) is 0 Å². The minimum atomic E-state index is 0.188. The minimum absolute atomic E-state index is 0.188. The zero-order valence-electron chi connectivity index (χ0n) is 18.0. The van der Waals surface area contributed by atoms with Crippen LogP contribution in [0.25, 0.3) is 0 Å². The van der Waals surface area contributed by atoms with Crippen molar-refractivity contribution in [1.82, 2.24) is 19.9 Å². The Hall–Kier alpha value is -3.23. The second kappa shape index (κ2) is 9.72. The van der Waals surface area contributed by atoms with Crippen molar-refractivity contribution >= 4 is 17.6 Å². The van der Waals surface area contributed by atoms with Crippen LogP contribution in [0.15, 0.2) is 48.5 Å². The van der Waals surface area contributed by atoms with Gasteiger partial charge in [0.1, 0.15) is 17.3 Å². The zero-order chi connectivity index (χ0) is 21.6. The molecule has 0 aliphatic carbocycles. The predicted molar refractivity (Wildman–Crippen MR) is 121 cm³/mol. The van der Waals surface area contributed by atoms with E-state index < -0.39 is 0 Å². The Kier molecular flexibility index (Phi) is 6.59. The van der Waals surface area contributed by atoms with Gasteiger partial charge in [-0.25, -0.2) is 0 Å². The number of ether oxygens (including phenoxy) is 1. The summed E-state index contributed by atoms with van der Waals surface area (Å²) in [6.07, 6.45) is 0. The molecule has 0 radical (unpaired) electrons. The molecular weight excluding hydrogens is 392 g/mol. The number of aryl methyl sites for hydroxylation is 2. The number of nitrogens with one attached hydrogen (secondary N) is 1. The van der Waals surface area contributed by atoms with Crippen molar-refractivity contribution < 1.29 is 9.84 Å². The number of hydrogen-bond donors (Lipinski definition) is 2. The highest BCUT2D eigenvalue weighted by atomic mass is 16.5. The molecule has 8 heteroatoms. The average molecular weight is 421 g/mol. The monoisotopic (exact) mass is 420 g/mol. The summed E-state index contributed by atoms with van der Waals surface area (Å²) in [5, 5.41) is 12.4. The smallest absolute Gasteiger partial charge is 0.232 e. The van der Waals surface area contributed by atoms with Crippen molar-refractivity contribution in [2.45, 2.75) is 13.8 Å². The average Bonchev–Trinajstić information content (AvgIpc) is 2.76. The number of rotatable bonds is 7. The number of piperazine rings is 1. The third-order valence-corrected chi connectivity index (χ3v) is 5.14. The number of aromatic nitrogens is 3. The highest BCUT2D eigenvalue weighted by Crippen LogP contribution is 2.25. The molecule has 0 saturated carbocycles. The molecule has 8 nitrogen and oxygen atoms in total. The topological polar surface area (TPSA) is 86.6 Å². The molecule has 3 aromatic rings. The summed E-state index contributed by atoms with van der Waals surface area (Å²) in [7, 11) is 0. The van der Waals surface area contributed by atoms with Crippen molar-refractivity contribution in [3.8, 4) is 11.5 Å². The van der Waals surface area contributed by atoms with E-state index in [9.17, 15) is 0 Å². The third-order valence-electron chi connectivity index (χ3n) is 5.14. The van der Waals surface area contributed by atoms with E-state index >= 15 is 0 Å². The van der Waals surface area contributed by atoms with E-state index in [1.807, 2.05) is 62.4 Å². The Bertz CT molecular complexity index is 1000. The molecular formula is C23H28N6O2. The highest BCUT2D eigenvalue weighted by molar-refractivity contribution is 5.56. The van der Waals surface area contributed by atoms with Gasteiger partial charge in [0.05, 0.1) is 6.61 Å². The molecule has 2 aromatic carbocycles. The fraction of sp³-hybridized carbons (Fsp3) is 0.348. The lowest BCUT2D eigenvalue weighted by Crippen LogP contribution is -2.47. The lowest BCUT2D eigenvalue weighted by Gasteiger charge is -2.34. The fourth-order valence-electron chi connectivity index (χ4n) is 3.53. The molecule has 1 saturated heterocycles. The second-order valence-corrected chi connectivity index (χ2v) is 7.63. The van der Waals surface area contributed by atoms with Crippen LogP contribution in [0, 0.1) is 13.8 Å². The molecule has 0 unspecified atom stereocenters. The SMILES string of the molecule is Cc1cccc(Oc2ccc(Nc3nc(C)nc(N4CCN(CCO)CC4)n3)cc2)c1. The number of anilines is 3. The molecule has 0 bridgehead atoms. The van der Waals surface area contributed by atoms with Crippen molar-refractivity contribution in [3.63, 3.8) is 0 Å². The van der Waals surface area contributed by atoms with Crippen LogP contribution in [-0.2, 0) is 0 Å². The Morgan fingerprint density at radius 1 is 0.935 bits per heavy atom. The van der Waals surface area contributed by atoms with E-state index in [1.165, 1.54) is 0 Å². The lowest BCUT2D eigenvalue weighted by atomic mass is 10.2. The zero-order valence-corrected chi connectivity index (χ0v) is 18.0. The number of β-amino-alcohol motifs (C(OH)–C–C–N with tert-alkyl or cyclic N) is 1. The van der Waals surface area contributed by atoms with Gasteiger partial charge in [0.2, 0.25) is 11.9 Å². The van der Waals surface area contributed by atoms with Gasteiger partial charge in [0.15, 0.2) is 0 Å². The number of aliphatic hydroxyl groups is 1. The van der Waals surface area contributed by atoms with E-state index in [-0.39, 0.29) is 6.61 Å². The van der Waals surface area contributed by atoms with Gasteiger partial charge in [-0.15, -0.1) is 0 Å². The Morgan fingerprint density at radius 3 is 2.42 bits per heavy atom. The van der Waals surface area contributed by atoms with Crippen LogP contribution >= 0.6 is 0 Å². The summed E-state index contributed by atoms with van der Waals surface area (Å²) in [5.74, 6) is 3.46. The second-order valence-electron chi connectivity index (χ2n) is 7.63. The molecule has 0 spiro atoms. The lowest BCUT2D eigenvalue weighted by molar-refractivity contribution is 0.188. The number of aliphatic hydroxyl groups excluding tert-OH is 1. The van der Waals surface area contributed by atoms with Gasteiger partial charge in [-0.3, -0.25) is 4.90 Å². The van der Waals surface area contributed by atoms with Crippen LogP contribution in [-0.4, -0.2) is 64.3 Å². The van der Waals surface area contributed by atoms with Gasteiger partial charge in [-0.2, -0.15) is 15.0 Å². The Balaban J connectivity index is 1.41. The van der Waals surface area contributed by atoms with Gasteiger partial charge in [0.25, 0.3) is 0 Å². The van der Waals surface area contributed by atoms with Crippen LogP contribution in [0.3, 0.4) is 0 Å². The largest absolute Gasteiger partial charge is 0.457 e. The van der Waals surface area contributed by atoms with E-state index in [0.717, 1.165) is 48.9 Å². The van der Waals surface area contributed by atoms with Crippen molar-refractivity contribution in [2.75, 3.05) is 49.5 Å². The van der Waals surface area contributed by atoms with Gasteiger partial charge >= 0.3 is 0 Å². The summed E-state index contributed by atoms with van der Waals surface area (Å²) in [5.41, 5.74) is 2.03. The molecule has 1 aliphatic heterocycles. The predicted octanol–water partition coefficient (Wildman–Crippen LogP) is 3.14. The molecule has 162 valence electrons. The maximum absolute atomic E-state index is 9.11. The van der Waals surface area contributed by atoms with Crippen LogP contribution in [0.5, 0.6) is 11.5 Å². The van der Waals surface area contributed by atoms with Crippen molar-refractivity contribution in [2.24, 2.45) is 0 Å². The van der Waals surface area contributed by atoms with Crippen LogP contribution in [0.1, 0.15) is 11.4 Å². The third kappa shape index (κ3) is 5.68. The van der Waals surface area contributed by atoms with Gasteiger partial charge in [0, 0.05) is 38.4 Å². The molecule has 4 rings (SSSR count). The summed E-state index contributed by atoms with van der Waals surface area (Å²) in [4.78, 5) is 18.0. The number of nitrogens with zero attached hydrogens (tertiary/aromatic N) is 5. The van der Waals surface area contributed by atoms with Crippen LogP contribution in [0.4, 0.5) is 17.6 Å². The van der Waals surface area contributed by atoms with E-state index in [2.05, 4.69) is 30.1 Å². The Morgan fingerprint density at radius 2 is 1.71 bits per heavy atom. The molecule has 1 aromatic heterocycles. The summed E-state index contributed by atoms with van der Waals surface area (Å²) in [6.45, 7) is 8.24.